The van der Waals surface area contributed by atoms with Crippen molar-refractivity contribution in [3.63, 3.8) is 0 Å². The standard InChI is InChI=1S/C4H10.2C3H6O.2C2H4O2.3CH4/c1-4(2)3;2*1-3(2)4;1-4-2-3;1-2(3)4;;;/h4H,1-3H3;2*1-2H3;2H,1H3;1H3,(H,3,4);3*1H4. The molecular weight excluding hydrogens is 300 g/mol. The summed E-state index contributed by atoms with van der Waals surface area (Å²) in [6.07, 6.45) is 0. The van der Waals surface area contributed by atoms with Crippen molar-refractivity contribution in [2.45, 2.75) is 77.7 Å². The highest BCUT2D eigenvalue weighted by Crippen LogP contribution is 1.81. The minimum atomic E-state index is -0.833. The van der Waals surface area contributed by atoms with Gasteiger partial charge in [-0.2, -0.15) is 0 Å². The molecule has 0 saturated heterocycles. The summed E-state index contributed by atoms with van der Waals surface area (Å²) in [5.74, 6) is 0.333. The second kappa shape index (κ2) is 50.0. The molecule has 6 nitrogen and oxygen atoms in total. The fourth-order valence-corrected chi connectivity index (χ4v) is 0. The van der Waals surface area contributed by atoms with Gasteiger partial charge < -0.3 is 19.4 Å². The summed E-state index contributed by atoms with van der Waals surface area (Å²) in [6.45, 7) is 14.1. The Morgan fingerprint density at radius 3 is 0.870 bits per heavy atom. The van der Waals surface area contributed by atoms with Crippen LogP contribution in [0.2, 0.25) is 0 Å². The first kappa shape index (κ1) is 49.6. The third kappa shape index (κ3) is 13100. The molecule has 0 radical (unpaired) electrons. The average Bonchev–Trinajstić information content (AvgIpc) is 2.13. The maximum atomic E-state index is 9.44. The van der Waals surface area contributed by atoms with Gasteiger partial charge in [0.05, 0.1) is 7.11 Å². The molecule has 0 aliphatic carbocycles. The number of aliphatic carboxylic acids is 1. The molecule has 0 aromatic heterocycles. The average molecular weight is 343 g/mol. The lowest BCUT2D eigenvalue weighted by Gasteiger charge is -1.79. The number of carboxylic acids is 1. The molecule has 0 amide bonds. The van der Waals surface area contributed by atoms with E-state index in [2.05, 4.69) is 25.5 Å². The minimum absolute atomic E-state index is 0. The largest absolute Gasteiger partial charge is 0.481 e. The molecule has 0 unspecified atom stereocenters. The third-order valence-electron chi connectivity index (χ3n) is 0.0962. The van der Waals surface area contributed by atoms with Gasteiger partial charge in [0.25, 0.3) is 12.4 Å². The minimum Gasteiger partial charge on any atom is -0.481 e. The maximum absolute atomic E-state index is 9.44. The number of carbonyl (C=O) groups is 4. The maximum Gasteiger partial charge on any atom is 0.300 e. The van der Waals surface area contributed by atoms with Crippen molar-refractivity contribution in [2.75, 3.05) is 7.11 Å². The van der Waals surface area contributed by atoms with Crippen LogP contribution in [0.25, 0.3) is 0 Å². The summed E-state index contributed by atoms with van der Waals surface area (Å²) in [5, 5.41) is 7.42. The molecule has 6 heteroatoms. The van der Waals surface area contributed by atoms with Gasteiger partial charge >= 0.3 is 0 Å². The first-order valence-electron chi connectivity index (χ1n) is 5.95. The summed E-state index contributed by atoms with van der Waals surface area (Å²) in [4.78, 5) is 36.8. The van der Waals surface area contributed by atoms with Crippen LogP contribution < -0.4 is 0 Å². The summed E-state index contributed by atoms with van der Waals surface area (Å²) in [6, 6.07) is 0. The van der Waals surface area contributed by atoms with Crippen molar-refractivity contribution >= 4 is 24.0 Å². The van der Waals surface area contributed by atoms with Gasteiger partial charge in [0.2, 0.25) is 0 Å². The van der Waals surface area contributed by atoms with Crippen molar-refractivity contribution in [1.82, 2.24) is 0 Å². The molecular formula is C17H42O6. The van der Waals surface area contributed by atoms with Gasteiger partial charge in [0.15, 0.2) is 0 Å². The fraction of sp³-hybridized carbons (Fsp3) is 0.765. The Labute approximate surface area is 144 Å². The number of rotatable bonds is 1. The molecule has 0 bridgehead atoms. The van der Waals surface area contributed by atoms with Gasteiger partial charge in [-0.25, -0.2) is 0 Å². The molecule has 0 aromatic carbocycles. The number of hydrogen-bond acceptors (Lipinski definition) is 5. The Hall–Kier alpha value is -1.72. The van der Waals surface area contributed by atoms with Crippen LogP contribution in [0.4, 0.5) is 0 Å². The van der Waals surface area contributed by atoms with Crippen LogP contribution in [0.3, 0.4) is 0 Å². The van der Waals surface area contributed by atoms with E-state index in [-0.39, 0.29) is 33.8 Å². The van der Waals surface area contributed by atoms with Crippen LogP contribution in [-0.4, -0.2) is 36.2 Å². The second-order valence-corrected chi connectivity index (χ2v) is 4.40. The van der Waals surface area contributed by atoms with Crippen molar-refractivity contribution in [3.05, 3.63) is 0 Å². The molecule has 0 heterocycles. The second-order valence-electron chi connectivity index (χ2n) is 4.40. The van der Waals surface area contributed by atoms with Crippen molar-refractivity contribution in [3.8, 4) is 0 Å². The Kier molecular flexibility index (Phi) is 108. The first-order chi connectivity index (χ1) is 8.84. The third-order valence-corrected chi connectivity index (χ3v) is 0.0962. The van der Waals surface area contributed by atoms with Gasteiger partial charge in [-0.1, -0.05) is 43.1 Å². The van der Waals surface area contributed by atoms with Crippen LogP contribution >= 0.6 is 0 Å². The number of carbonyl (C=O) groups excluding carboxylic acids is 3. The molecule has 0 saturated carbocycles. The van der Waals surface area contributed by atoms with Gasteiger partial charge in [-0.15, -0.1) is 0 Å². The highest BCUT2D eigenvalue weighted by molar-refractivity contribution is 5.72. The lowest BCUT2D eigenvalue weighted by atomic mass is 10.3. The van der Waals surface area contributed by atoms with Gasteiger partial charge in [-0.3, -0.25) is 9.59 Å². The van der Waals surface area contributed by atoms with Gasteiger partial charge in [-0.05, 0) is 33.6 Å². The molecule has 0 rings (SSSR count). The van der Waals surface area contributed by atoms with Crippen LogP contribution in [-0.2, 0) is 23.9 Å². The van der Waals surface area contributed by atoms with Crippen molar-refractivity contribution in [1.29, 1.82) is 0 Å². The first-order valence-corrected chi connectivity index (χ1v) is 5.95. The summed E-state index contributed by atoms with van der Waals surface area (Å²) in [5.41, 5.74) is 0. The van der Waals surface area contributed by atoms with Gasteiger partial charge in [0, 0.05) is 6.92 Å². The highest BCUT2D eigenvalue weighted by atomic mass is 16.5. The number of hydrogen-bond donors (Lipinski definition) is 1. The molecule has 0 fully saturated rings. The van der Waals surface area contributed by atoms with Crippen molar-refractivity contribution < 1.29 is 29.0 Å². The van der Waals surface area contributed by atoms with E-state index < -0.39 is 5.97 Å². The topological polar surface area (TPSA) is 97.7 Å². The summed E-state index contributed by atoms with van der Waals surface area (Å²) in [7, 11) is 1.31. The van der Waals surface area contributed by atoms with Crippen LogP contribution in [0, 0.1) is 5.92 Å². The van der Waals surface area contributed by atoms with Crippen LogP contribution in [0.5, 0.6) is 0 Å². The van der Waals surface area contributed by atoms with Crippen LogP contribution in [0.15, 0.2) is 0 Å². The molecule has 0 aliphatic rings. The van der Waals surface area contributed by atoms with E-state index in [9.17, 15) is 9.59 Å². The van der Waals surface area contributed by atoms with Gasteiger partial charge in [0.1, 0.15) is 11.6 Å². The van der Waals surface area contributed by atoms with E-state index in [0.29, 0.717) is 6.47 Å². The Bertz CT molecular complexity index is 192. The lowest BCUT2D eigenvalue weighted by Crippen LogP contribution is -1.78. The van der Waals surface area contributed by atoms with Crippen molar-refractivity contribution in [2.24, 2.45) is 5.92 Å². The predicted octanol–water partition coefficient (Wildman–Crippen LogP) is 4.64. The van der Waals surface area contributed by atoms with E-state index in [1.807, 2.05) is 0 Å². The normalized spacial score (nSPS) is 5.83. The number of carboxylic acid groups (broad SMARTS) is 1. The van der Waals surface area contributed by atoms with E-state index in [0.717, 1.165) is 12.8 Å². The zero-order valence-corrected chi connectivity index (χ0v) is 14.1. The van der Waals surface area contributed by atoms with Crippen LogP contribution in [0.1, 0.15) is 77.7 Å². The molecule has 0 aromatic rings. The Morgan fingerprint density at radius 1 is 0.826 bits per heavy atom. The van der Waals surface area contributed by atoms with E-state index in [1.54, 1.807) is 0 Å². The monoisotopic (exact) mass is 342 g/mol. The number of Topliss-reactive ketones (excluding diaryl/α,β-unsaturated/α-hetero) is 2. The highest BCUT2D eigenvalue weighted by Gasteiger charge is 1.68. The van der Waals surface area contributed by atoms with E-state index in [4.69, 9.17) is 14.7 Å². The number of ether oxygens (including phenoxy) is 1. The molecule has 23 heavy (non-hydrogen) atoms. The number of ketones is 2. The fourth-order valence-electron chi connectivity index (χ4n) is 0. The van der Waals surface area contributed by atoms with E-state index >= 15 is 0 Å². The zero-order chi connectivity index (χ0) is 17.7. The summed E-state index contributed by atoms with van der Waals surface area (Å²) >= 11 is 0. The quantitative estimate of drug-likeness (QED) is 0.697. The molecule has 0 aliphatic heterocycles. The summed E-state index contributed by atoms with van der Waals surface area (Å²) < 4.78 is 3.86. The predicted molar refractivity (Wildman–Crippen MR) is 99.8 cm³/mol. The molecule has 0 atom stereocenters. The molecule has 0 spiro atoms. The number of methoxy groups -OCH3 is 1. The zero-order valence-electron chi connectivity index (χ0n) is 14.1. The Morgan fingerprint density at radius 2 is 0.870 bits per heavy atom. The molecule has 146 valence electrons. The van der Waals surface area contributed by atoms with E-state index in [1.165, 1.54) is 34.8 Å². The Balaban J connectivity index is -0.0000000197. The lowest BCUT2D eigenvalue weighted by molar-refractivity contribution is -0.134. The smallest absolute Gasteiger partial charge is 0.300 e. The SMILES string of the molecule is C.C.C.CC(=O)O.CC(C)=O.CC(C)=O.CC(C)C.COC=O. The molecule has 1 N–H and O–H groups in total.